The normalized spacial score (nSPS) is 10.7. The van der Waals surface area contributed by atoms with Crippen molar-refractivity contribution < 1.29 is 0 Å². The van der Waals surface area contributed by atoms with Crippen LogP contribution in [0.1, 0.15) is 0 Å². The van der Waals surface area contributed by atoms with Crippen LogP contribution in [0, 0.1) is 0 Å². The van der Waals surface area contributed by atoms with Gasteiger partial charge in [-0.3, -0.25) is 0 Å². The van der Waals surface area contributed by atoms with Gasteiger partial charge in [-0.1, -0.05) is 0 Å². The number of imidazole rings is 1. The van der Waals surface area contributed by atoms with E-state index in [4.69, 9.17) is 0 Å². The molecule has 418 valence electrons. The zero-order chi connectivity index (χ0) is 61.1. The molecule has 22 nitrogen and oxygen atoms in total. The second-order valence-corrected chi connectivity index (χ2v) is 27.4. The molecule has 0 amide bonds. The Balaban J connectivity index is 0.000000104. The minimum atomic E-state index is 0.724. The maximum atomic E-state index is 4.56. The molecule has 0 aliphatic rings. The fourth-order valence-electron chi connectivity index (χ4n) is 9.66. The third-order valence-corrected chi connectivity index (χ3v) is 21.4. The number of para-hydroxylation sites is 2. The molecule has 28 heteroatoms. The van der Waals surface area contributed by atoms with E-state index >= 15 is 0 Å². The quantitative estimate of drug-likeness (QED) is 0.174. The molecule has 0 bridgehead atoms. The summed E-state index contributed by atoms with van der Waals surface area (Å²) in [4.78, 5) is 42.5. The molecule has 0 saturated carbocycles. The van der Waals surface area contributed by atoms with Crippen LogP contribution in [0.3, 0.4) is 0 Å². The van der Waals surface area contributed by atoms with E-state index in [0.717, 1.165) is 192 Å². The van der Waals surface area contributed by atoms with E-state index in [-0.39, 0.29) is 0 Å². The zero-order valence-electron chi connectivity index (χ0n) is 47.7. The summed E-state index contributed by atoms with van der Waals surface area (Å²) in [6.45, 7) is 0. The van der Waals surface area contributed by atoms with Gasteiger partial charge >= 0.3 is 575 Å². The topological polar surface area (TPSA) is 228 Å². The molecule has 0 unspecified atom stereocenters. The first-order valence-electron chi connectivity index (χ1n) is 27.4. The van der Waals surface area contributed by atoms with Gasteiger partial charge in [0.25, 0.3) is 0 Å². The third kappa shape index (κ3) is 13.7. The summed E-state index contributed by atoms with van der Waals surface area (Å²) in [5.41, 5.74) is 14.4. The van der Waals surface area contributed by atoms with Crippen LogP contribution in [0.2, 0.25) is 0 Å². The first-order chi connectivity index (χ1) is 43.7. The molecule has 0 aliphatic heterocycles. The second kappa shape index (κ2) is 28.8. The van der Waals surface area contributed by atoms with Crippen molar-refractivity contribution in [3.8, 4) is 51.6 Å². The Morgan fingerprint density at radius 2 is 1.03 bits per heavy atom. The van der Waals surface area contributed by atoms with E-state index in [0.29, 0.717) is 0 Å². The molecule has 89 heavy (non-hydrogen) atoms. The SMILES string of the molecule is [GaH][n]1c(-c2ccccn2)cc2ncncc21.[GaH][n]1c(-c2ccccn2)nc2ncncc21.[GaH][n]1c(-n2cccn2)cc2ccccc21.[GaH][n]1c2ccccc2c2ccc3cccnc3c21.[GaH][n]1cnnc1-c1ccccn1.[GaH][n]1nncc1-c1ccccn1. The van der Waals surface area contributed by atoms with Crippen molar-refractivity contribution >= 4 is 179 Å². The number of aromatic nitrogens is 22. The van der Waals surface area contributed by atoms with Gasteiger partial charge in [-0.15, -0.1) is 0 Å². The minimum absolute atomic E-state index is 0.724. The van der Waals surface area contributed by atoms with Gasteiger partial charge in [0, 0.05) is 0 Å². The molecular weight excluding hydrogens is 1460 g/mol. The molecule has 0 spiro atoms. The van der Waals surface area contributed by atoms with E-state index in [2.05, 4.69) is 167 Å². The third-order valence-electron chi connectivity index (χ3n) is 13.9. The number of rotatable bonds is 5. The summed E-state index contributed by atoms with van der Waals surface area (Å²) in [5, 5.41) is 24.8. The van der Waals surface area contributed by atoms with E-state index in [9.17, 15) is 0 Å². The average Bonchev–Trinajstić information content (AvgIpc) is 1.85. The van der Waals surface area contributed by atoms with Gasteiger partial charge in [0.1, 0.15) is 0 Å². The maximum absolute atomic E-state index is 4.56. The molecule has 14 heterocycles. The van der Waals surface area contributed by atoms with Crippen LogP contribution in [0.5, 0.6) is 0 Å². The fourth-order valence-corrected chi connectivity index (χ4v) is 15.3. The zero-order valence-corrected chi connectivity index (χ0v) is 65.5. The first-order valence-corrected chi connectivity index (χ1v) is 35.3. The Kier molecular flexibility index (Phi) is 19.6. The van der Waals surface area contributed by atoms with Crippen LogP contribution in [-0.4, -0.2) is 213 Å². The summed E-state index contributed by atoms with van der Waals surface area (Å²) in [6.07, 6.45) is 22.9. The van der Waals surface area contributed by atoms with Gasteiger partial charge in [-0.25, -0.2) is 0 Å². The van der Waals surface area contributed by atoms with Crippen molar-refractivity contribution in [3.05, 3.63) is 245 Å². The summed E-state index contributed by atoms with van der Waals surface area (Å²) in [5.74, 6) is 2.84. The molecule has 0 aliphatic carbocycles. The van der Waals surface area contributed by atoms with Gasteiger partial charge in [0.05, 0.1) is 0 Å². The molecule has 14 aromatic heterocycles. The molecule has 0 atom stereocenters. The van der Waals surface area contributed by atoms with Crippen molar-refractivity contribution in [2.45, 2.75) is 0 Å². The standard InChI is InChI=1S/C15H9N2.C11H7N4.C11H8N3.C10H6N5.2C7H5N4.6Ga.6H/c1-2-6-13-11(5-1)12-8-7-10-4-3-9-16-14(10)15(12)17-13;1-2-4-13-8(3-1)10-5-9-11(15-10)6-12-7-14-9;1-2-5-10-9(4-1)8-11(13-10)14-7-3-6-12-14;1-2-4-12-7(3-1)10-14-8-5-11-6-13-9(8)15-10;1-2-4-8-6(3-1)7-9-5-10-11-7;1-2-4-8-6(3-1)7-5-9-11-10-7;;;;;;;;;;;;/h1-9H;1-7H;1-8H;1-6H;2*1-5H;;;;;;;;;;;;/q6*-1;6*+1;;;;;;. The van der Waals surface area contributed by atoms with Crippen LogP contribution in [0.15, 0.2) is 245 Å². The predicted octanol–water partition coefficient (Wildman–Crippen LogP) is 6.21. The van der Waals surface area contributed by atoms with Gasteiger partial charge < -0.3 is 0 Å². The molecule has 0 saturated heterocycles. The second-order valence-electron chi connectivity index (χ2n) is 19.4. The summed E-state index contributed by atoms with van der Waals surface area (Å²) in [6, 6.07) is 54.9. The summed E-state index contributed by atoms with van der Waals surface area (Å²) in [7, 11) is 0. The average molecular weight is 1510 g/mol. The molecule has 17 rings (SSSR count). The molecule has 17 aromatic rings. The Bertz CT molecular complexity index is 4940. The van der Waals surface area contributed by atoms with Gasteiger partial charge in [0.15, 0.2) is 0 Å². The molecule has 3 aromatic carbocycles. The van der Waals surface area contributed by atoms with Crippen molar-refractivity contribution in [2.24, 2.45) is 0 Å². The summed E-state index contributed by atoms with van der Waals surface area (Å²) >= 11 is 6.02. The molecule has 0 N–H and O–H groups in total. The number of pyridine rings is 5. The first kappa shape index (κ1) is 60.8. The Hall–Kier alpha value is -8.51. The van der Waals surface area contributed by atoms with E-state index in [1.165, 1.54) is 44.4 Å². The van der Waals surface area contributed by atoms with Crippen LogP contribution in [-0.2, 0) is 0 Å². The number of fused-ring (bicyclic) bond motifs is 8. The monoisotopic (exact) mass is 1500 g/mol. The molecule has 6 radical (unpaired) electrons. The van der Waals surface area contributed by atoms with Crippen LogP contribution in [0.25, 0.3) is 117 Å². The summed E-state index contributed by atoms with van der Waals surface area (Å²) < 4.78 is 14.6. The number of hydrogen-bond acceptors (Lipinski definition) is 15. The number of nitrogens with zero attached hydrogens (tertiary/aromatic N) is 22. The van der Waals surface area contributed by atoms with Crippen molar-refractivity contribution in [1.82, 2.24) is 99.9 Å². The molecular formula is C61H46Ga6N22. The van der Waals surface area contributed by atoms with Gasteiger partial charge in [-0.05, 0) is 0 Å². The van der Waals surface area contributed by atoms with E-state index < -0.39 is 0 Å². The van der Waals surface area contributed by atoms with Crippen LogP contribution >= 0.6 is 0 Å². The van der Waals surface area contributed by atoms with Crippen LogP contribution < -0.4 is 0 Å². The number of hydrogen-bond donors (Lipinski definition) is 0. The Labute approximate surface area is 569 Å². The van der Waals surface area contributed by atoms with Crippen molar-refractivity contribution in [1.29, 1.82) is 0 Å². The van der Waals surface area contributed by atoms with E-state index in [1.54, 1.807) is 56.0 Å². The van der Waals surface area contributed by atoms with Crippen molar-refractivity contribution in [2.75, 3.05) is 0 Å². The number of benzene rings is 3. The van der Waals surface area contributed by atoms with E-state index in [1.807, 2.05) is 115 Å². The van der Waals surface area contributed by atoms with Gasteiger partial charge in [0.2, 0.25) is 0 Å². The Morgan fingerprint density at radius 3 is 1.66 bits per heavy atom. The predicted molar refractivity (Wildman–Crippen MR) is 355 cm³/mol. The fraction of sp³-hybridized carbons (Fsp3) is 0. The van der Waals surface area contributed by atoms with Gasteiger partial charge in [-0.2, -0.15) is 0 Å². The Morgan fingerprint density at radius 1 is 0.404 bits per heavy atom. The van der Waals surface area contributed by atoms with Crippen molar-refractivity contribution in [3.63, 3.8) is 0 Å². The molecule has 0 fully saturated rings. The van der Waals surface area contributed by atoms with Crippen LogP contribution in [0.4, 0.5) is 0 Å².